The Kier molecular flexibility index (Phi) is 5.62. The molecule has 1 fully saturated rings. The van der Waals surface area contributed by atoms with Gasteiger partial charge in [0.25, 0.3) is 0 Å². The van der Waals surface area contributed by atoms with Gasteiger partial charge in [0.15, 0.2) is 0 Å². The van der Waals surface area contributed by atoms with E-state index >= 15 is 0 Å². The van der Waals surface area contributed by atoms with Gasteiger partial charge in [-0.25, -0.2) is 0 Å². The van der Waals surface area contributed by atoms with E-state index in [0.29, 0.717) is 6.04 Å². The largest absolute Gasteiger partial charge is 0.380 e. The Morgan fingerprint density at radius 3 is 2.87 bits per heavy atom. The lowest BCUT2D eigenvalue weighted by Crippen LogP contribution is -2.43. The molecule has 4 heteroatoms. The van der Waals surface area contributed by atoms with Crippen molar-refractivity contribution >= 4 is 0 Å². The zero-order valence-electron chi connectivity index (χ0n) is 9.70. The first-order chi connectivity index (χ1) is 7.22. The van der Waals surface area contributed by atoms with Crippen LogP contribution in [0.15, 0.2) is 0 Å². The molecule has 1 saturated heterocycles. The summed E-state index contributed by atoms with van der Waals surface area (Å²) >= 11 is 0. The van der Waals surface area contributed by atoms with E-state index in [4.69, 9.17) is 10.00 Å². The van der Waals surface area contributed by atoms with E-state index in [0.717, 1.165) is 39.3 Å². The van der Waals surface area contributed by atoms with Gasteiger partial charge in [-0.2, -0.15) is 5.26 Å². The van der Waals surface area contributed by atoms with E-state index in [-0.39, 0.29) is 6.04 Å². The van der Waals surface area contributed by atoms with E-state index < -0.39 is 0 Å². The number of rotatable bonds is 4. The molecular formula is C11H21N3O. The zero-order valence-corrected chi connectivity index (χ0v) is 9.70. The predicted octanol–water partition coefficient (Wildman–Crippen LogP) is 0.599. The van der Waals surface area contributed by atoms with E-state index in [1.807, 2.05) is 0 Å². The molecule has 15 heavy (non-hydrogen) atoms. The smallest absolute Gasteiger partial charge is 0.108 e. The molecule has 1 heterocycles. The minimum absolute atomic E-state index is 0.0666. The SMILES string of the molecule is CC(C)NC(C#N)CN1CCCOCC1. The van der Waals surface area contributed by atoms with Crippen LogP contribution in [0, 0.1) is 11.3 Å². The predicted molar refractivity (Wildman–Crippen MR) is 59.5 cm³/mol. The second-order valence-corrected chi connectivity index (χ2v) is 4.27. The van der Waals surface area contributed by atoms with E-state index in [9.17, 15) is 0 Å². The molecule has 0 aromatic rings. The lowest BCUT2D eigenvalue weighted by atomic mass is 10.2. The minimum Gasteiger partial charge on any atom is -0.380 e. The molecule has 1 aliphatic rings. The third-order valence-electron chi connectivity index (χ3n) is 2.45. The normalized spacial score (nSPS) is 20.9. The Balaban J connectivity index is 2.33. The van der Waals surface area contributed by atoms with Crippen molar-refractivity contribution < 1.29 is 4.74 Å². The van der Waals surface area contributed by atoms with Crippen LogP contribution >= 0.6 is 0 Å². The molecule has 1 aliphatic heterocycles. The lowest BCUT2D eigenvalue weighted by Gasteiger charge is -2.23. The van der Waals surface area contributed by atoms with Crippen LogP contribution in [0.1, 0.15) is 20.3 Å². The van der Waals surface area contributed by atoms with Crippen LogP contribution in [0.25, 0.3) is 0 Å². The molecule has 0 saturated carbocycles. The van der Waals surface area contributed by atoms with Crippen LogP contribution in [0.2, 0.25) is 0 Å². The number of hydrogen-bond acceptors (Lipinski definition) is 4. The summed E-state index contributed by atoms with van der Waals surface area (Å²) in [6.07, 6.45) is 1.07. The quantitative estimate of drug-likeness (QED) is 0.739. The summed E-state index contributed by atoms with van der Waals surface area (Å²) in [4.78, 5) is 2.30. The lowest BCUT2D eigenvalue weighted by molar-refractivity contribution is 0.140. The van der Waals surface area contributed by atoms with Crippen LogP contribution in [0.5, 0.6) is 0 Å². The van der Waals surface area contributed by atoms with Crippen LogP contribution in [-0.4, -0.2) is 49.8 Å². The average molecular weight is 211 g/mol. The third-order valence-corrected chi connectivity index (χ3v) is 2.45. The van der Waals surface area contributed by atoms with Gasteiger partial charge < -0.3 is 4.74 Å². The Morgan fingerprint density at radius 1 is 1.40 bits per heavy atom. The molecule has 0 amide bonds. The molecule has 1 N–H and O–H groups in total. The van der Waals surface area contributed by atoms with Gasteiger partial charge in [0, 0.05) is 32.3 Å². The van der Waals surface area contributed by atoms with Gasteiger partial charge in [-0.1, -0.05) is 0 Å². The van der Waals surface area contributed by atoms with Crippen molar-refractivity contribution in [3.8, 4) is 6.07 Å². The number of nitriles is 1. The maximum Gasteiger partial charge on any atom is 0.108 e. The molecule has 1 rings (SSSR count). The van der Waals surface area contributed by atoms with Crippen molar-refractivity contribution in [2.24, 2.45) is 0 Å². The molecule has 0 aromatic heterocycles. The first kappa shape index (κ1) is 12.4. The summed E-state index contributed by atoms with van der Waals surface area (Å²) in [5.41, 5.74) is 0. The zero-order chi connectivity index (χ0) is 11.1. The Morgan fingerprint density at radius 2 is 2.20 bits per heavy atom. The summed E-state index contributed by atoms with van der Waals surface area (Å²) in [6, 6.07) is 2.60. The Bertz CT molecular complexity index is 204. The average Bonchev–Trinajstić information content (AvgIpc) is 2.44. The van der Waals surface area contributed by atoms with Gasteiger partial charge in [0.05, 0.1) is 12.7 Å². The molecule has 0 aliphatic carbocycles. The van der Waals surface area contributed by atoms with Crippen LogP contribution < -0.4 is 5.32 Å². The Labute approximate surface area is 92.2 Å². The van der Waals surface area contributed by atoms with Gasteiger partial charge >= 0.3 is 0 Å². The van der Waals surface area contributed by atoms with E-state index in [1.165, 1.54) is 0 Å². The molecule has 86 valence electrons. The van der Waals surface area contributed by atoms with Crippen LogP contribution in [-0.2, 0) is 4.74 Å². The summed E-state index contributed by atoms with van der Waals surface area (Å²) in [6.45, 7) is 8.56. The monoisotopic (exact) mass is 211 g/mol. The minimum atomic E-state index is -0.0666. The second-order valence-electron chi connectivity index (χ2n) is 4.27. The fourth-order valence-electron chi connectivity index (χ4n) is 1.77. The first-order valence-corrected chi connectivity index (χ1v) is 5.68. The van der Waals surface area contributed by atoms with Gasteiger partial charge in [0.1, 0.15) is 6.04 Å². The van der Waals surface area contributed by atoms with Crippen LogP contribution in [0.4, 0.5) is 0 Å². The fraction of sp³-hybridized carbons (Fsp3) is 0.909. The fourth-order valence-corrected chi connectivity index (χ4v) is 1.77. The molecule has 0 bridgehead atoms. The number of nitrogens with zero attached hydrogens (tertiary/aromatic N) is 2. The topological polar surface area (TPSA) is 48.3 Å². The van der Waals surface area contributed by atoms with Gasteiger partial charge in [-0.15, -0.1) is 0 Å². The van der Waals surface area contributed by atoms with E-state index in [2.05, 4.69) is 30.1 Å². The number of hydrogen-bond donors (Lipinski definition) is 1. The molecule has 4 nitrogen and oxygen atoms in total. The van der Waals surface area contributed by atoms with Crippen molar-refractivity contribution in [1.29, 1.82) is 5.26 Å². The van der Waals surface area contributed by atoms with Gasteiger partial charge in [0.2, 0.25) is 0 Å². The first-order valence-electron chi connectivity index (χ1n) is 5.68. The molecule has 1 unspecified atom stereocenters. The van der Waals surface area contributed by atoms with Crippen molar-refractivity contribution in [3.63, 3.8) is 0 Å². The molecular weight excluding hydrogens is 190 g/mol. The van der Waals surface area contributed by atoms with E-state index in [1.54, 1.807) is 0 Å². The summed E-state index contributed by atoms with van der Waals surface area (Å²) in [5.74, 6) is 0. The molecule has 0 spiro atoms. The van der Waals surface area contributed by atoms with Crippen molar-refractivity contribution in [2.75, 3.05) is 32.8 Å². The summed E-state index contributed by atoms with van der Waals surface area (Å²) in [5, 5.41) is 12.3. The summed E-state index contributed by atoms with van der Waals surface area (Å²) < 4.78 is 5.38. The van der Waals surface area contributed by atoms with Crippen molar-refractivity contribution in [3.05, 3.63) is 0 Å². The van der Waals surface area contributed by atoms with Gasteiger partial charge in [-0.05, 0) is 20.3 Å². The number of ether oxygens (including phenoxy) is 1. The third kappa shape index (κ3) is 5.12. The highest BCUT2D eigenvalue weighted by Crippen LogP contribution is 2.00. The highest BCUT2D eigenvalue weighted by Gasteiger charge is 2.15. The van der Waals surface area contributed by atoms with Crippen molar-refractivity contribution in [2.45, 2.75) is 32.4 Å². The Hall–Kier alpha value is -0.630. The number of nitrogens with one attached hydrogen (secondary N) is 1. The highest BCUT2D eigenvalue weighted by molar-refractivity contribution is 4.93. The van der Waals surface area contributed by atoms with Gasteiger partial charge in [-0.3, -0.25) is 10.2 Å². The molecule has 0 aromatic carbocycles. The van der Waals surface area contributed by atoms with Crippen molar-refractivity contribution in [1.82, 2.24) is 10.2 Å². The highest BCUT2D eigenvalue weighted by atomic mass is 16.5. The summed E-state index contributed by atoms with van der Waals surface area (Å²) in [7, 11) is 0. The van der Waals surface area contributed by atoms with Crippen LogP contribution in [0.3, 0.4) is 0 Å². The standard InChI is InChI=1S/C11H21N3O/c1-10(2)13-11(8-12)9-14-4-3-6-15-7-5-14/h10-11,13H,3-7,9H2,1-2H3. The molecule has 0 radical (unpaired) electrons. The maximum absolute atomic E-state index is 9.01. The second kappa shape index (κ2) is 6.78. The maximum atomic E-state index is 9.01. The molecule has 1 atom stereocenters.